The van der Waals surface area contributed by atoms with E-state index >= 15 is 0 Å². The molecule has 0 unspecified atom stereocenters. The van der Waals surface area contributed by atoms with Gasteiger partial charge in [0.2, 0.25) is 0 Å². The number of hydrogen-bond acceptors (Lipinski definition) is 7. The topological polar surface area (TPSA) is 101 Å². The van der Waals surface area contributed by atoms with Gasteiger partial charge >= 0.3 is 6.09 Å². The molecule has 39 heavy (non-hydrogen) atoms. The molecular formula is C30H33N5O3S. The molecule has 202 valence electrons. The molecular weight excluding hydrogens is 510 g/mol. The van der Waals surface area contributed by atoms with Gasteiger partial charge in [0, 0.05) is 49.5 Å². The second-order valence-corrected chi connectivity index (χ2v) is 10.8. The zero-order valence-electron chi connectivity index (χ0n) is 22.3. The molecule has 5 rings (SSSR count). The number of hydrogen-bond donors (Lipinski definition) is 2. The van der Waals surface area contributed by atoms with E-state index in [-0.39, 0.29) is 18.6 Å². The molecule has 4 aromatic rings. The van der Waals surface area contributed by atoms with E-state index in [0.717, 1.165) is 46.5 Å². The van der Waals surface area contributed by atoms with E-state index in [2.05, 4.69) is 40.3 Å². The number of thiophene rings is 1. The van der Waals surface area contributed by atoms with Gasteiger partial charge in [-0.25, -0.2) is 9.78 Å². The molecule has 0 aliphatic carbocycles. The second kappa shape index (κ2) is 11.7. The van der Waals surface area contributed by atoms with Crippen LogP contribution >= 0.6 is 11.3 Å². The predicted molar refractivity (Wildman–Crippen MR) is 156 cm³/mol. The molecule has 1 aliphatic rings. The summed E-state index contributed by atoms with van der Waals surface area (Å²) in [5, 5.41) is 3.83. The highest BCUT2D eigenvalue weighted by molar-refractivity contribution is 7.21. The SMILES string of the molecule is Cc1ccc2c(N)c(C(=O)NCCc3ccc(N4CCN(C(=O)OCc5ccccc5)CC4)c(C)c3)sc2n1. The monoisotopic (exact) mass is 543 g/mol. The Morgan fingerprint density at radius 2 is 1.77 bits per heavy atom. The molecule has 0 spiro atoms. The van der Waals surface area contributed by atoms with E-state index in [1.54, 1.807) is 4.90 Å². The van der Waals surface area contributed by atoms with Gasteiger partial charge in [0.05, 0.1) is 5.69 Å². The molecule has 0 saturated carbocycles. The summed E-state index contributed by atoms with van der Waals surface area (Å²) in [6, 6.07) is 19.9. The standard InChI is InChI=1S/C30H33N5O3S/c1-20-18-22(12-13-32-28(36)27-26(31)24-10-8-21(2)33-29(24)39-27)9-11-25(20)34-14-16-35(17-15-34)30(37)38-19-23-6-4-3-5-7-23/h3-11,18H,12-17,19,31H2,1-2H3,(H,32,36). The lowest BCUT2D eigenvalue weighted by Gasteiger charge is -2.36. The number of nitrogens with one attached hydrogen (secondary N) is 1. The van der Waals surface area contributed by atoms with Crippen molar-refractivity contribution in [2.75, 3.05) is 43.4 Å². The fourth-order valence-corrected chi connectivity index (χ4v) is 5.88. The third kappa shape index (κ3) is 6.15. The second-order valence-electron chi connectivity index (χ2n) is 9.79. The fourth-order valence-electron chi connectivity index (χ4n) is 4.83. The molecule has 1 aliphatic heterocycles. The molecule has 2 amide bonds. The molecule has 9 heteroatoms. The number of aryl methyl sites for hydroxylation is 2. The Hall–Kier alpha value is -4.11. The van der Waals surface area contributed by atoms with Crippen molar-refractivity contribution in [3.8, 4) is 0 Å². The van der Waals surface area contributed by atoms with Gasteiger partial charge in [0.25, 0.3) is 5.91 Å². The number of pyridine rings is 1. The Morgan fingerprint density at radius 1 is 1.00 bits per heavy atom. The molecule has 3 N–H and O–H groups in total. The first kappa shape index (κ1) is 26.5. The normalized spacial score (nSPS) is 13.5. The van der Waals surface area contributed by atoms with Gasteiger partial charge in [-0.05, 0) is 55.2 Å². The first-order valence-electron chi connectivity index (χ1n) is 13.1. The number of fused-ring (bicyclic) bond motifs is 1. The number of rotatable bonds is 7. The van der Waals surface area contributed by atoms with Crippen molar-refractivity contribution in [2.45, 2.75) is 26.9 Å². The van der Waals surface area contributed by atoms with Crippen LogP contribution in [-0.4, -0.2) is 54.6 Å². The van der Waals surface area contributed by atoms with Gasteiger partial charge < -0.3 is 25.6 Å². The van der Waals surface area contributed by atoms with Crippen molar-refractivity contribution in [1.29, 1.82) is 0 Å². The van der Waals surface area contributed by atoms with Crippen LogP contribution < -0.4 is 16.0 Å². The summed E-state index contributed by atoms with van der Waals surface area (Å²) in [5.41, 5.74) is 12.1. The molecule has 3 heterocycles. The Labute approximate surface area is 232 Å². The Morgan fingerprint density at radius 3 is 2.51 bits per heavy atom. The van der Waals surface area contributed by atoms with Crippen LogP contribution in [0.25, 0.3) is 10.2 Å². The Bertz CT molecular complexity index is 1480. The van der Waals surface area contributed by atoms with E-state index in [4.69, 9.17) is 10.5 Å². The van der Waals surface area contributed by atoms with Gasteiger partial charge in [-0.2, -0.15) is 0 Å². The maximum absolute atomic E-state index is 12.8. The van der Waals surface area contributed by atoms with Crippen LogP contribution in [0.5, 0.6) is 0 Å². The van der Waals surface area contributed by atoms with Crippen LogP contribution in [0, 0.1) is 13.8 Å². The van der Waals surface area contributed by atoms with E-state index in [1.807, 2.05) is 49.4 Å². The summed E-state index contributed by atoms with van der Waals surface area (Å²) in [6.45, 7) is 7.57. The maximum atomic E-state index is 12.8. The number of anilines is 2. The van der Waals surface area contributed by atoms with E-state index in [9.17, 15) is 9.59 Å². The molecule has 0 bridgehead atoms. The van der Waals surface area contributed by atoms with Crippen LogP contribution in [0.1, 0.15) is 32.1 Å². The maximum Gasteiger partial charge on any atom is 0.410 e. The summed E-state index contributed by atoms with van der Waals surface area (Å²) in [5.74, 6) is -0.165. The number of nitrogens with two attached hydrogens (primary N) is 1. The van der Waals surface area contributed by atoms with Crippen LogP contribution in [-0.2, 0) is 17.8 Å². The molecule has 1 saturated heterocycles. The number of ether oxygens (including phenoxy) is 1. The minimum Gasteiger partial charge on any atom is -0.445 e. The summed E-state index contributed by atoms with van der Waals surface area (Å²) in [7, 11) is 0. The zero-order chi connectivity index (χ0) is 27.4. The average Bonchev–Trinajstić information content (AvgIpc) is 3.27. The van der Waals surface area contributed by atoms with Crippen LogP contribution in [0.2, 0.25) is 0 Å². The summed E-state index contributed by atoms with van der Waals surface area (Å²) in [6.07, 6.45) is 0.451. The van der Waals surface area contributed by atoms with Crippen molar-refractivity contribution >= 4 is 44.9 Å². The summed E-state index contributed by atoms with van der Waals surface area (Å²) >= 11 is 1.33. The van der Waals surface area contributed by atoms with Gasteiger partial charge in [0.1, 0.15) is 16.3 Å². The molecule has 0 radical (unpaired) electrons. The number of nitrogen functional groups attached to an aromatic ring is 1. The van der Waals surface area contributed by atoms with Crippen LogP contribution in [0.15, 0.2) is 60.7 Å². The molecule has 8 nitrogen and oxygen atoms in total. The lowest BCUT2D eigenvalue weighted by atomic mass is 10.1. The average molecular weight is 544 g/mol. The lowest BCUT2D eigenvalue weighted by molar-refractivity contribution is 0.0939. The van der Waals surface area contributed by atoms with Gasteiger partial charge in [-0.15, -0.1) is 11.3 Å². The van der Waals surface area contributed by atoms with Crippen molar-refractivity contribution in [1.82, 2.24) is 15.2 Å². The molecule has 1 fully saturated rings. The van der Waals surface area contributed by atoms with E-state index < -0.39 is 0 Å². The first-order valence-corrected chi connectivity index (χ1v) is 13.9. The number of benzene rings is 2. The van der Waals surface area contributed by atoms with Crippen LogP contribution in [0.3, 0.4) is 0 Å². The number of carbonyl (C=O) groups is 2. The quantitative estimate of drug-likeness (QED) is 0.343. The molecule has 2 aromatic heterocycles. The minimum absolute atomic E-state index is 0.165. The largest absolute Gasteiger partial charge is 0.445 e. The van der Waals surface area contributed by atoms with Crippen molar-refractivity contribution in [3.63, 3.8) is 0 Å². The third-order valence-electron chi connectivity index (χ3n) is 6.98. The highest BCUT2D eigenvalue weighted by Gasteiger charge is 2.23. The Kier molecular flexibility index (Phi) is 7.97. The smallest absolute Gasteiger partial charge is 0.410 e. The zero-order valence-corrected chi connectivity index (χ0v) is 23.1. The van der Waals surface area contributed by atoms with E-state index in [1.165, 1.54) is 22.6 Å². The van der Waals surface area contributed by atoms with Gasteiger partial charge in [-0.3, -0.25) is 4.79 Å². The summed E-state index contributed by atoms with van der Waals surface area (Å²) < 4.78 is 5.49. The van der Waals surface area contributed by atoms with Crippen molar-refractivity contribution in [3.05, 3.63) is 87.9 Å². The van der Waals surface area contributed by atoms with Crippen molar-refractivity contribution in [2.24, 2.45) is 0 Å². The fraction of sp³-hybridized carbons (Fsp3) is 0.300. The minimum atomic E-state index is -0.267. The highest BCUT2D eigenvalue weighted by Crippen LogP contribution is 2.32. The number of aromatic nitrogens is 1. The summed E-state index contributed by atoms with van der Waals surface area (Å²) in [4.78, 5) is 35.1. The number of carbonyl (C=O) groups excluding carboxylic acids is 2. The van der Waals surface area contributed by atoms with Crippen LogP contribution in [0.4, 0.5) is 16.2 Å². The van der Waals surface area contributed by atoms with E-state index in [0.29, 0.717) is 30.2 Å². The number of amides is 2. The van der Waals surface area contributed by atoms with Crippen molar-refractivity contribution < 1.29 is 14.3 Å². The molecule has 2 aromatic carbocycles. The molecule has 0 atom stereocenters. The Balaban J connectivity index is 1.10. The highest BCUT2D eigenvalue weighted by atomic mass is 32.1. The third-order valence-corrected chi connectivity index (χ3v) is 8.10. The number of nitrogens with zero attached hydrogens (tertiary/aromatic N) is 3. The van der Waals surface area contributed by atoms with Gasteiger partial charge in [0.15, 0.2) is 0 Å². The lowest BCUT2D eigenvalue weighted by Crippen LogP contribution is -2.49. The van der Waals surface area contributed by atoms with Gasteiger partial charge in [-0.1, -0.05) is 42.5 Å². The number of piperazine rings is 1. The predicted octanol–water partition coefficient (Wildman–Crippen LogP) is 4.93. The first-order chi connectivity index (χ1) is 18.9.